The molecule has 1 unspecified atom stereocenters. The minimum atomic E-state index is -1.28. The molecule has 1 aliphatic heterocycles. The molecule has 0 aromatic heterocycles. The number of ketones is 2. The van der Waals surface area contributed by atoms with E-state index in [4.69, 9.17) is 0 Å². The Hall–Kier alpha value is -3.50. The van der Waals surface area contributed by atoms with Gasteiger partial charge in [0.15, 0.2) is 5.78 Å². The molecule has 0 spiro atoms. The smallest absolute Gasteiger partial charge is 0.316 e. The molecule has 3 aliphatic rings. The molecule has 4 N–H and O–H groups in total. The van der Waals surface area contributed by atoms with E-state index in [0.29, 0.717) is 6.42 Å². The van der Waals surface area contributed by atoms with Crippen molar-refractivity contribution >= 4 is 35.3 Å². The summed E-state index contributed by atoms with van der Waals surface area (Å²) in [5, 5.41) is 10.8. The Labute approximate surface area is 267 Å². The van der Waals surface area contributed by atoms with E-state index in [1.165, 1.54) is 17.1 Å². The Bertz CT molecular complexity index is 1150. The largest absolute Gasteiger partial charge is 0.346 e. The molecule has 2 aliphatic carbocycles. The minimum Gasteiger partial charge on any atom is -0.346 e. The zero-order chi connectivity index (χ0) is 33.5. The fourth-order valence-corrected chi connectivity index (χ4v) is 6.60. The van der Waals surface area contributed by atoms with Crippen LogP contribution < -0.4 is 21.3 Å². The van der Waals surface area contributed by atoms with E-state index in [2.05, 4.69) is 34.4 Å². The van der Waals surface area contributed by atoms with Gasteiger partial charge in [0.25, 0.3) is 5.91 Å². The minimum absolute atomic E-state index is 0.00607. The number of likely N-dealkylation sites (tertiary alicyclic amines) is 1. The molecule has 1 heterocycles. The van der Waals surface area contributed by atoms with Gasteiger partial charge in [-0.3, -0.25) is 24.0 Å². The third kappa shape index (κ3) is 9.26. The van der Waals surface area contributed by atoms with Crippen molar-refractivity contribution in [2.75, 3.05) is 13.1 Å². The van der Waals surface area contributed by atoms with Crippen molar-refractivity contribution in [3.05, 3.63) is 25.3 Å². The van der Waals surface area contributed by atoms with Gasteiger partial charge >= 0.3 is 6.03 Å². The molecule has 2 saturated carbocycles. The van der Waals surface area contributed by atoms with E-state index in [1.54, 1.807) is 0 Å². The molecule has 250 valence electrons. The third-order valence-corrected chi connectivity index (χ3v) is 9.38. The van der Waals surface area contributed by atoms with Crippen LogP contribution in [0.5, 0.6) is 0 Å². The van der Waals surface area contributed by atoms with Gasteiger partial charge in [-0.15, -0.1) is 13.2 Å². The number of Topliss-reactive ketones (excluding diaryl/α,β-unsaturated/α-hetero) is 2. The van der Waals surface area contributed by atoms with Gasteiger partial charge in [0, 0.05) is 19.0 Å². The molecule has 5 atom stereocenters. The Morgan fingerprint density at radius 1 is 0.889 bits per heavy atom. The highest BCUT2D eigenvalue weighted by Gasteiger charge is 2.48. The first-order chi connectivity index (χ1) is 21.2. The zero-order valence-corrected chi connectivity index (χ0v) is 27.7. The van der Waals surface area contributed by atoms with Gasteiger partial charge < -0.3 is 26.2 Å². The summed E-state index contributed by atoms with van der Waals surface area (Å²) in [5.41, 5.74) is -0.727. The average molecular weight is 628 g/mol. The summed E-state index contributed by atoms with van der Waals surface area (Å²) >= 11 is 0. The van der Waals surface area contributed by atoms with Crippen molar-refractivity contribution in [3.8, 4) is 0 Å². The van der Waals surface area contributed by atoms with Crippen LogP contribution in [0.3, 0.4) is 0 Å². The second-order valence-corrected chi connectivity index (χ2v) is 14.2. The summed E-state index contributed by atoms with van der Waals surface area (Å²) in [6.45, 7) is 16.9. The van der Waals surface area contributed by atoms with Gasteiger partial charge in [-0.05, 0) is 55.3 Å². The zero-order valence-electron chi connectivity index (χ0n) is 27.7. The molecular weight excluding hydrogens is 574 g/mol. The van der Waals surface area contributed by atoms with Crippen molar-refractivity contribution in [1.82, 2.24) is 26.2 Å². The Morgan fingerprint density at radius 2 is 1.53 bits per heavy atom. The van der Waals surface area contributed by atoms with E-state index in [9.17, 15) is 28.8 Å². The second-order valence-electron chi connectivity index (χ2n) is 14.2. The van der Waals surface area contributed by atoms with Crippen LogP contribution in [0.15, 0.2) is 25.3 Å². The van der Waals surface area contributed by atoms with E-state index >= 15 is 0 Å². The summed E-state index contributed by atoms with van der Waals surface area (Å²) in [5.74, 6) is -2.78. The van der Waals surface area contributed by atoms with Gasteiger partial charge in [-0.1, -0.05) is 66.0 Å². The van der Waals surface area contributed by atoms with E-state index < -0.39 is 59.1 Å². The number of rotatable bonds is 14. The second kappa shape index (κ2) is 15.7. The van der Waals surface area contributed by atoms with Crippen LogP contribution in [0, 0.1) is 29.1 Å². The van der Waals surface area contributed by atoms with Crippen LogP contribution in [0.4, 0.5) is 4.79 Å². The van der Waals surface area contributed by atoms with Gasteiger partial charge in [0.2, 0.25) is 17.6 Å². The highest BCUT2D eigenvalue weighted by Crippen LogP contribution is 2.36. The summed E-state index contributed by atoms with van der Waals surface area (Å²) in [7, 11) is 0. The van der Waals surface area contributed by atoms with Gasteiger partial charge in [0.05, 0.1) is 6.04 Å². The molecule has 11 heteroatoms. The number of nitrogens with zero attached hydrogens (tertiary/aromatic N) is 1. The van der Waals surface area contributed by atoms with Crippen LogP contribution in [-0.4, -0.2) is 77.5 Å². The number of nitrogens with one attached hydrogen (secondary N) is 4. The number of urea groups is 1. The predicted octanol–water partition coefficient (Wildman–Crippen LogP) is 3.04. The lowest BCUT2D eigenvalue weighted by molar-refractivity contribution is -0.144. The molecule has 0 aromatic carbocycles. The molecule has 3 rings (SSSR count). The molecule has 0 bridgehead atoms. The molecule has 5 amide bonds. The highest BCUT2D eigenvalue weighted by atomic mass is 16.2. The maximum absolute atomic E-state index is 14.2. The number of hydrogen-bond acceptors (Lipinski definition) is 6. The van der Waals surface area contributed by atoms with Gasteiger partial charge in [-0.2, -0.15) is 0 Å². The molecule has 0 radical (unpaired) electrons. The standard InChI is InChI=1S/C34H53N5O6/c1-8-18-35-31(43)28(41)24(9-2)36-30(42)26-23(20(3)4)17-19-39(26)32(44)29(34(5,6)7)38-33(45)37-25(27(40)22-15-16-22)21-13-11-10-12-14-21/h8-9,20-26,29H,1-2,10-19H2,3-7H3,(H,35,43)(H,36,42)(H2,37,38,45)/t23-,24?,25+,26+,29-/m1/s1. The number of amides is 5. The van der Waals surface area contributed by atoms with Crippen LogP contribution >= 0.6 is 0 Å². The summed E-state index contributed by atoms with van der Waals surface area (Å²) < 4.78 is 0. The quantitative estimate of drug-likeness (QED) is 0.172. The summed E-state index contributed by atoms with van der Waals surface area (Å²) in [6.07, 6.45) is 9.82. The number of hydrogen-bond donors (Lipinski definition) is 4. The first-order valence-electron chi connectivity index (χ1n) is 16.5. The van der Waals surface area contributed by atoms with Crippen molar-refractivity contribution in [1.29, 1.82) is 0 Å². The SMILES string of the molecule is C=CCNC(=O)C(=O)C(C=C)NC(=O)[C@@H]1[C@@H](C(C)C)CCN1C(=O)[C@@H](NC(=O)N[C@H](C(=O)C1CC1)C1CCCCC1)C(C)(C)C. The van der Waals surface area contributed by atoms with Crippen LogP contribution in [0.2, 0.25) is 0 Å². The maximum atomic E-state index is 14.2. The maximum Gasteiger partial charge on any atom is 0.316 e. The van der Waals surface area contributed by atoms with Gasteiger partial charge in [0.1, 0.15) is 18.1 Å². The highest BCUT2D eigenvalue weighted by molar-refractivity contribution is 6.39. The fraction of sp³-hybridized carbons (Fsp3) is 0.706. The van der Waals surface area contributed by atoms with Gasteiger partial charge in [-0.25, -0.2) is 4.79 Å². The van der Waals surface area contributed by atoms with Crippen molar-refractivity contribution in [3.63, 3.8) is 0 Å². The normalized spacial score (nSPS) is 22.5. The summed E-state index contributed by atoms with van der Waals surface area (Å²) in [6, 6.07) is -4.36. The van der Waals surface area contributed by atoms with E-state index in [-0.39, 0.29) is 42.5 Å². The van der Waals surface area contributed by atoms with E-state index in [1.807, 2.05) is 34.6 Å². The Kier molecular flexibility index (Phi) is 12.5. The Balaban J connectivity index is 1.80. The lowest BCUT2D eigenvalue weighted by atomic mass is 9.81. The number of carbonyl (C=O) groups is 6. The predicted molar refractivity (Wildman–Crippen MR) is 172 cm³/mol. The first kappa shape index (κ1) is 36.0. The lowest BCUT2D eigenvalue weighted by Crippen LogP contribution is -2.62. The topological polar surface area (TPSA) is 154 Å². The fourth-order valence-electron chi connectivity index (χ4n) is 6.60. The summed E-state index contributed by atoms with van der Waals surface area (Å²) in [4.78, 5) is 81.2. The molecule has 1 saturated heterocycles. The average Bonchev–Trinajstić information content (AvgIpc) is 3.76. The van der Waals surface area contributed by atoms with Crippen molar-refractivity contribution < 1.29 is 28.8 Å². The molecular formula is C34H53N5O6. The van der Waals surface area contributed by atoms with Crippen molar-refractivity contribution in [2.45, 2.75) is 110 Å². The van der Waals surface area contributed by atoms with E-state index in [0.717, 1.165) is 44.9 Å². The lowest BCUT2D eigenvalue weighted by Gasteiger charge is -2.37. The molecule has 0 aromatic rings. The molecule has 11 nitrogen and oxygen atoms in total. The first-order valence-corrected chi connectivity index (χ1v) is 16.5. The Morgan fingerprint density at radius 3 is 2.07 bits per heavy atom. The third-order valence-electron chi connectivity index (χ3n) is 9.38. The van der Waals surface area contributed by atoms with Crippen LogP contribution in [0.1, 0.15) is 86.0 Å². The van der Waals surface area contributed by atoms with Crippen molar-refractivity contribution in [2.24, 2.45) is 29.1 Å². The monoisotopic (exact) mass is 627 g/mol. The van der Waals surface area contributed by atoms with Crippen LogP contribution in [-0.2, 0) is 24.0 Å². The molecule has 3 fully saturated rings. The van der Waals surface area contributed by atoms with Crippen LogP contribution in [0.25, 0.3) is 0 Å². The molecule has 45 heavy (non-hydrogen) atoms. The number of carbonyl (C=O) groups excluding carboxylic acids is 6.